The van der Waals surface area contributed by atoms with Gasteiger partial charge in [0.1, 0.15) is 0 Å². The van der Waals surface area contributed by atoms with Crippen LogP contribution in [0.3, 0.4) is 0 Å². The molecule has 0 spiro atoms. The molecule has 0 aliphatic carbocycles. The molecule has 0 saturated carbocycles. The Morgan fingerprint density at radius 2 is 1.83 bits per heavy atom. The van der Waals surface area contributed by atoms with E-state index in [1.165, 1.54) is 0 Å². The van der Waals surface area contributed by atoms with Crippen LogP contribution in [-0.4, -0.2) is 20.1 Å². The van der Waals surface area contributed by atoms with Gasteiger partial charge >= 0.3 is 0 Å². The number of methoxy groups -OCH3 is 2. The van der Waals surface area contributed by atoms with Gasteiger partial charge in [-0.25, -0.2) is 0 Å². The number of carbonyl (C=O) groups is 1. The predicted octanol–water partition coefficient (Wildman–Crippen LogP) is 4.61. The lowest BCUT2D eigenvalue weighted by Crippen LogP contribution is -2.27. The zero-order valence-electron chi connectivity index (χ0n) is 13.0. The summed E-state index contributed by atoms with van der Waals surface area (Å²) in [4.78, 5) is 12.4. The van der Waals surface area contributed by atoms with Crippen LogP contribution in [0.15, 0.2) is 40.9 Å². The first-order valence-electron chi connectivity index (χ1n) is 6.94. The second-order valence-corrected chi connectivity index (χ2v) is 6.22. The van der Waals surface area contributed by atoms with Crippen LogP contribution in [0.5, 0.6) is 11.5 Å². The number of amides is 1. The van der Waals surface area contributed by atoms with E-state index in [2.05, 4.69) is 21.2 Å². The van der Waals surface area contributed by atoms with Gasteiger partial charge in [-0.15, -0.1) is 0 Å². The molecule has 0 fully saturated rings. The number of carbonyl (C=O) groups excluding carboxylic acids is 1. The molecule has 0 radical (unpaired) electrons. The molecule has 0 heterocycles. The van der Waals surface area contributed by atoms with Crippen molar-refractivity contribution >= 4 is 33.4 Å². The highest BCUT2D eigenvalue weighted by molar-refractivity contribution is 9.10. The molecule has 2 aromatic carbocycles. The fraction of sp³-hybridized carbons (Fsp3) is 0.235. The molecular formula is C17H17BrClNO3. The van der Waals surface area contributed by atoms with Gasteiger partial charge in [-0.05, 0) is 58.7 Å². The van der Waals surface area contributed by atoms with Crippen LogP contribution in [0.25, 0.3) is 0 Å². The average molecular weight is 399 g/mol. The van der Waals surface area contributed by atoms with Crippen molar-refractivity contribution in [2.24, 2.45) is 0 Å². The lowest BCUT2D eigenvalue weighted by atomic mass is 10.1. The van der Waals surface area contributed by atoms with E-state index in [0.717, 1.165) is 5.56 Å². The minimum Gasteiger partial charge on any atom is -0.493 e. The summed E-state index contributed by atoms with van der Waals surface area (Å²) < 4.78 is 11.2. The molecule has 0 aliphatic heterocycles. The Balaban J connectivity index is 2.19. The molecular weight excluding hydrogens is 382 g/mol. The molecule has 23 heavy (non-hydrogen) atoms. The van der Waals surface area contributed by atoms with Crippen LogP contribution in [0.1, 0.15) is 28.9 Å². The minimum absolute atomic E-state index is 0.201. The molecule has 2 aromatic rings. The Hall–Kier alpha value is -1.72. The normalized spacial score (nSPS) is 11.7. The quantitative estimate of drug-likeness (QED) is 0.800. The number of benzene rings is 2. The summed E-state index contributed by atoms with van der Waals surface area (Å²) in [6.07, 6.45) is 0. The molecule has 1 atom stereocenters. The molecule has 0 saturated heterocycles. The maximum absolute atomic E-state index is 12.4. The Bertz CT molecular complexity index is 721. The third-order valence-corrected chi connectivity index (χ3v) is 4.35. The smallest absolute Gasteiger partial charge is 0.252 e. The van der Waals surface area contributed by atoms with Crippen molar-refractivity contribution in [3.63, 3.8) is 0 Å². The number of halogens is 2. The third-order valence-electron chi connectivity index (χ3n) is 3.43. The highest BCUT2D eigenvalue weighted by Gasteiger charge is 2.16. The molecule has 4 nitrogen and oxygen atoms in total. The molecule has 0 aliphatic rings. The molecule has 1 N–H and O–H groups in total. The first-order valence-corrected chi connectivity index (χ1v) is 8.11. The summed E-state index contributed by atoms with van der Waals surface area (Å²) in [5.41, 5.74) is 1.40. The van der Waals surface area contributed by atoms with E-state index in [4.69, 9.17) is 21.1 Å². The summed E-state index contributed by atoms with van der Waals surface area (Å²) in [6, 6.07) is 10.4. The zero-order valence-corrected chi connectivity index (χ0v) is 15.4. The van der Waals surface area contributed by atoms with Crippen LogP contribution < -0.4 is 14.8 Å². The fourth-order valence-electron chi connectivity index (χ4n) is 2.15. The van der Waals surface area contributed by atoms with Crippen molar-refractivity contribution in [2.45, 2.75) is 13.0 Å². The van der Waals surface area contributed by atoms with Gasteiger partial charge in [0.25, 0.3) is 5.91 Å². The minimum atomic E-state index is -0.207. The average Bonchev–Trinajstić information content (AvgIpc) is 2.56. The van der Waals surface area contributed by atoms with E-state index >= 15 is 0 Å². The second-order valence-electron chi connectivity index (χ2n) is 4.93. The van der Waals surface area contributed by atoms with Crippen molar-refractivity contribution < 1.29 is 14.3 Å². The largest absolute Gasteiger partial charge is 0.493 e. The van der Waals surface area contributed by atoms with E-state index in [0.29, 0.717) is 26.6 Å². The van der Waals surface area contributed by atoms with E-state index < -0.39 is 0 Å². The van der Waals surface area contributed by atoms with Gasteiger partial charge in [0.15, 0.2) is 11.5 Å². The van der Waals surface area contributed by atoms with Gasteiger partial charge in [0.05, 0.1) is 25.8 Å². The predicted molar refractivity (Wildman–Crippen MR) is 94.6 cm³/mol. The van der Waals surface area contributed by atoms with Crippen molar-refractivity contribution in [1.82, 2.24) is 5.32 Å². The lowest BCUT2D eigenvalue weighted by Gasteiger charge is -2.17. The standard InChI is InChI=1S/C17H17BrClNO3/c1-10(11-4-7-15(22-2)16(8-11)23-3)20-17(21)13-9-12(19)5-6-14(13)18/h4-10H,1-3H3,(H,20,21). The number of nitrogens with one attached hydrogen (secondary N) is 1. The molecule has 1 unspecified atom stereocenters. The molecule has 2 rings (SSSR count). The van der Waals surface area contributed by atoms with Gasteiger partial charge in [0.2, 0.25) is 0 Å². The van der Waals surface area contributed by atoms with Crippen LogP contribution in [0, 0.1) is 0 Å². The summed E-state index contributed by atoms with van der Waals surface area (Å²) >= 11 is 9.32. The van der Waals surface area contributed by atoms with Crippen molar-refractivity contribution in [2.75, 3.05) is 14.2 Å². The SMILES string of the molecule is COc1ccc(C(C)NC(=O)c2cc(Cl)ccc2Br)cc1OC. The van der Waals surface area contributed by atoms with Crippen molar-refractivity contribution in [3.8, 4) is 11.5 Å². The second kappa shape index (κ2) is 7.70. The summed E-state index contributed by atoms with van der Waals surface area (Å²) in [5.74, 6) is 1.06. The maximum atomic E-state index is 12.4. The Morgan fingerprint density at radius 1 is 1.13 bits per heavy atom. The lowest BCUT2D eigenvalue weighted by molar-refractivity contribution is 0.0939. The van der Waals surface area contributed by atoms with Gasteiger partial charge in [0, 0.05) is 9.50 Å². The fourth-order valence-corrected chi connectivity index (χ4v) is 2.75. The van der Waals surface area contributed by atoms with Gasteiger partial charge in [-0.3, -0.25) is 4.79 Å². The summed E-state index contributed by atoms with van der Waals surface area (Å²) in [7, 11) is 3.16. The Morgan fingerprint density at radius 3 is 2.48 bits per heavy atom. The van der Waals surface area contributed by atoms with Gasteiger partial charge < -0.3 is 14.8 Å². The maximum Gasteiger partial charge on any atom is 0.252 e. The summed E-state index contributed by atoms with van der Waals surface area (Å²) in [6.45, 7) is 1.90. The first kappa shape index (κ1) is 17.6. The van der Waals surface area contributed by atoms with Crippen LogP contribution in [-0.2, 0) is 0 Å². The molecule has 122 valence electrons. The van der Waals surface area contributed by atoms with Crippen LogP contribution in [0.4, 0.5) is 0 Å². The van der Waals surface area contributed by atoms with Crippen molar-refractivity contribution in [3.05, 3.63) is 57.0 Å². The monoisotopic (exact) mass is 397 g/mol. The van der Waals surface area contributed by atoms with Gasteiger partial charge in [-0.1, -0.05) is 17.7 Å². The third kappa shape index (κ3) is 4.18. The zero-order chi connectivity index (χ0) is 17.0. The number of ether oxygens (including phenoxy) is 2. The van der Waals surface area contributed by atoms with Gasteiger partial charge in [-0.2, -0.15) is 0 Å². The van der Waals surface area contributed by atoms with E-state index in [1.54, 1.807) is 32.4 Å². The topological polar surface area (TPSA) is 47.6 Å². The molecule has 6 heteroatoms. The molecule has 0 bridgehead atoms. The molecule has 1 amide bonds. The van der Waals surface area contributed by atoms with Crippen LogP contribution >= 0.6 is 27.5 Å². The van der Waals surface area contributed by atoms with E-state index in [-0.39, 0.29) is 11.9 Å². The highest BCUT2D eigenvalue weighted by Crippen LogP contribution is 2.30. The first-order chi connectivity index (χ1) is 11.0. The highest BCUT2D eigenvalue weighted by atomic mass is 79.9. The van der Waals surface area contributed by atoms with E-state index in [1.807, 2.05) is 25.1 Å². The van der Waals surface area contributed by atoms with Crippen LogP contribution in [0.2, 0.25) is 5.02 Å². The van der Waals surface area contributed by atoms with E-state index in [9.17, 15) is 4.79 Å². The molecule has 0 aromatic heterocycles. The Labute approximate surface area is 148 Å². The Kier molecular flexibility index (Phi) is 5.91. The number of hydrogen-bond acceptors (Lipinski definition) is 3. The summed E-state index contributed by atoms with van der Waals surface area (Å²) in [5, 5.41) is 3.46. The number of hydrogen-bond donors (Lipinski definition) is 1. The number of rotatable bonds is 5. The van der Waals surface area contributed by atoms with Crippen molar-refractivity contribution in [1.29, 1.82) is 0 Å².